The van der Waals surface area contributed by atoms with E-state index in [1.807, 2.05) is 30.3 Å². The first-order valence-electron chi connectivity index (χ1n) is 9.45. The van der Waals surface area contributed by atoms with E-state index in [1.165, 1.54) is 0 Å². The van der Waals surface area contributed by atoms with Gasteiger partial charge in [0.1, 0.15) is 12.4 Å². The summed E-state index contributed by atoms with van der Waals surface area (Å²) in [6.07, 6.45) is 1.98. The minimum atomic E-state index is -0.350. The molecule has 3 aromatic rings. The van der Waals surface area contributed by atoms with Crippen molar-refractivity contribution in [2.75, 3.05) is 25.6 Å². The molecule has 1 aliphatic rings. The van der Waals surface area contributed by atoms with E-state index < -0.39 is 0 Å². The second-order valence-corrected chi connectivity index (χ2v) is 7.19. The first kappa shape index (κ1) is 19.5. The highest BCUT2D eigenvalue weighted by atomic mass is 35.5. The Labute approximate surface area is 173 Å². The number of rotatable bonds is 8. The topological polar surface area (TPSA) is 73.6 Å². The van der Waals surface area contributed by atoms with Gasteiger partial charge < -0.3 is 19.2 Å². The number of ether oxygens (including phenoxy) is 2. The van der Waals surface area contributed by atoms with Gasteiger partial charge in [-0.15, -0.1) is 0 Å². The Balaban J connectivity index is 1.61. The van der Waals surface area contributed by atoms with E-state index in [2.05, 4.69) is 10.3 Å². The Morgan fingerprint density at radius 1 is 1.17 bits per heavy atom. The molecule has 6 nitrogen and oxygen atoms in total. The minimum Gasteiger partial charge on any atom is -0.487 e. The molecule has 0 bridgehead atoms. The number of aromatic nitrogens is 1. The van der Waals surface area contributed by atoms with Crippen LogP contribution in [0.4, 0.5) is 5.69 Å². The van der Waals surface area contributed by atoms with Crippen molar-refractivity contribution in [2.45, 2.75) is 18.8 Å². The summed E-state index contributed by atoms with van der Waals surface area (Å²) in [7, 11) is 1.59. The largest absolute Gasteiger partial charge is 0.487 e. The maximum absolute atomic E-state index is 13.0. The number of halogens is 1. The number of nitrogens with one attached hydrogen (secondary N) is 1. The van der Waals surface area contributed by atoms with E-state index in [0.29, 0.717) is 47.0 Å². The normalized spacial score (nSPS) is 13.3. The van der Waals surface area contributed by atoms with Crippen LogP contribution in [-0.2, 0) is 4.74 Å². The minimum absolute atomic E-state index is 0.234. The van der Waals surface area contributed by atoms with Gasteiger partial charge in [-0.25, -0.2) is 4.98 Å². The molecule has 1 aliphatic carbocycles. The second kappa shape index (κ2) is 8.68. The molecule has 1 aromatic heterocycles. The smallest absolute Gasteiger partial charge is 0.278 e. The number of benzene rings is 2. The Morgan fingerprint density at radius 2 is 1.97 bits per heavy atom. The Morgan fingerprint density at radius 3 is 2.69 bits per heavy atom. The van der Waals surface area contributed by atoms with Crippen LogP contribution in [0.3, 0.4) is 0 Å². The van der Waals surface area contributed by atoms with Crippen molar-refractivity contribution in [3.05, 3.63) is 65.0 Å². The van der Waals surface area contributed by atoms with Crippen LogP contribution in [0.2, 0.25) is 5.02 Å². The Bertz CT molecular complexity index is 999. The molecule has 0 atom stereocenters. The predicted octanol–water partition coefficient (Wildman–Crippen LogP) is 5.15. The Kier molecular flexibility index (Phi) is 5.83. The van der Waals surface area contributed by atoms with Crippen molar-refractivity contribution in [2.24, 2.45) is 0 Å². The number of amides is 1. The lowest BCUT2D eigenvalue weighted by atomic mass is 10.2. The van der Waals surface area contributed by atoms with E-state index in [4.69, 9.17) is 25.5 Å². The molecule has 29 heavy (non-hydrogen) atoms. The monoisotopic (exact) mass is 412 g/mol. The third kappa shape index (κ3) is 4.44. The third-order valence-electron chi connectivity index (χ3n) is 4.59. The van der Waals surface area contributed by atoms with Crippen LogP contribution in [-0.4, -0.2) is 31.2 Å². The summed E-state index contributed by atoms with van der Waals surface area (Å²) in [5.74, 6) is 1.36. The summed E-state index contributed by atoms with van der Waals surface area (Å²) >= 11 is 6.26. The number of anilines is 1. The van der Waals surface area contributed by atoms with Gasteiger partial charge in [-0.05, 0) is 37.1 Å². The average Bonchev–Trinajstić information content (AvgIpc) is 3.48. The molecule has 0 radical (unpaired) electrons. The summed E-state index contributed by atoms with van der Waals surface area (Å²) in [4.78, 5) is 17.5. The van der Waals surface area contributed by atoms with Crippen molar-refractivity contribution in [3.8, 4) is 17.2 Å². The lowest BCUT2D eigenvalue weighted by molar-refractivity contribution is 0.102. The molecule has 1 heterocycles. The lowest BCUT2D eigenvalue weighted by Crippen LogP contribution is -2.16. The summed E-state index contributed by atoms with van der Waals surface area (Å²) in [6.45, 7) is 0.729. The molecule has 1 N–H and O–H groups in total. The average molecular weight is 413 g/mol. The van der Waals surface area contributed by atoms with E-state index in [0.717, 1.165) is 18.4 Å². The van der Waals surface area contributed by atoms with E-state index in [1.54, 1.807) is 25.3 Å². The van der Waals surface area contributed by atoms with E-state index in [-0.39, 0.29) is 11.8 Å². The zero-order valence-corrected chi connectivity index (χ0v) is 16.7. The van der Waals surface area contributed by atoms with E-state index in [9.17, 15) is 4.79 Å². The van der Waals surface area contributed by atoms with Crippen LogP contribution >= 0.6 is 11.6 Å². The molecule has 0 aliphatic heterocycles. The fourth-order valence-electron chi connectivity index (χ4n) is 2.98. The molecule has 2 aromatic carbocycles. The molecule has 1 fully saturated rings. The zero-order chi connectivity index (χ0) is 20.2. The highest BCUT2D eigenvalue weighted by Crippen LogP contribution is 2.43. The highest BCUT2D eigenvalue weighted by Gasteiger charge is 2.34. The quantitative estimate of drug-likeness (QED) is 0.518. The van der Waals surface area contributed by atoms with Crippen molar-refractivity contribution in [3.63, 3.8) is 0 Å². The standard InChI is InChI=1S/C22H21ClN2O4/c1-27-12-13-28-20-16(23)8-5-9-17(20)24-21(26)18-19(14-10-11-14)29-22(25-18)15-6-3-2-4-7-15/h2-9,14H,10-13H2,1H3,(H,24,26). The van der Waals surface area contributed by atoms with Gasteiger partial charge >= 0.3 is 0 Å². The van der Waals surface area contributed by atoms with Crippen molar-refractivity contribution >= 4 is 23.2 Å². The first-order valence-corrected chi connectivity index (χ1v) is 9.83. The first-order chi connectivity index (χ1) is 14.2. The van der Waals surface area contributed by atoms with Gasteiger partial charge in [0.2, 0.25) is 5.89 Å². The molecule has 0 spiro atoms. The molecule has 0 unspecified atom stereocenters. The maximum Gasteiger partial charge on any atom is 0.278 e. The molecular formula is C22H21ClN2O4. The van der Waals surface area contributed by atoms with Crippen molar-refractivity contribution in [1.29, 1.82) is 0 Å². The van der Waals surface area contributed by atoms with Gasteiger partial charge in [-0.2, -0.15) is 0 Å². The number of hydrogen-bond acceptors (Lipinski definition) is 5. The van der Waals surface area contributed by atoms with Crippen LogP contribution in [0.5, 0.6) is 5.75 Å². The van der Waals surface area contributed by atoms with Gasteiger partial charge in [0, 0.05) is 18.6 Å². The highest BCUT2D eigenvalue weighted by molar-refractivity contribution is 6.32. The number of carbonyl (C=O) groups excluding carboxylic acids is 1. The van der Waals surface area contributed by atoms with Crippen molar-refractivity contribution < 1.29 is 18.7 Å². The van der Waals surface area contributed by atoms with E-state index >= 15 is 0 Å². The number of oxazole rings is 1. The number of para-hydroxylation sites is 1. The molecular weight excluding hydrogens is 392 g/mol. The maximum atomic E-state index is 13.0. The molecule has 4 rings (SSSR count). The van der Waals surface area contributed by atoms with Gasteiger partial charge in [-0.1, -0.05) is 35.9 Å². The van der Waals surface area contributed by atoms with Gasteiger partial charge in [0.05, 0.1) is 17.3 Å². The van der Waals surface area contributed by atoms with Gasteiger partial charge in [0.15, 0.2) is 11.4 Å². The summed E-state index contributed by atoms with van der Waals surface area (Å²) in [5, 5.41) is 3.28. The third-order valence-corrected chi connectivity index (χ3v) is 4.88. The van der Waals surface area contributed by atoms with Gasteiger partial charge in [0.25, 0.3) is 5.91 Å². The Hall–Kier alpha value is -2.83. The summed E-state index contributed by atoms with van der Waals surface area (Å²) in [5.41, 5.74) is 1.61. The molecule has 1 saturated carbocycles. The number of carbonyl (C=O) groups is 1. The second-order valence-electron chi connectivity index (χ2n) is 6.78. The summed E-state index contributed by atoms with van der Waals surface area (Å²) < 4.78 is 16.7. The number of hydrogen-bond donors (Lipinski definition) is 1. The van der Waals surface area contributed by atoms with Crippen LogP contribution in [0.15, 0.2) is 52.9 Å². The fraction of sp³-hybridized carbons (Fsp3) is 0.273. The number of methoxy groups -OCH3 is 1. The molecule has 0 saturated heterocycles. The van der Waals surface area contributed by atoms with Crippen molar-refractivity contribution in [1.82, 2.24) is 4.98 Å². The molecule has 7 heteroatoms. The van der Waals surface area contributed by atoms with Crippen LogP contribution in [0.25, 0.3) is 11.5 Å². The molecule has 150 valence electrons. The lowest BCUT2D eigenvalue weighted by Gasteiger charge is -2.13. The van der Waals surface area contributed by atoms with Crippen LogP contribution in [0, 0.1) is 0 Å². The zero-order valence-electron chi connectivity index (χ0n) is 16.0. The molecule has 1 amide bonds. The SMILES string of the molecule is COCCOc1c(Cl)cccc1NC(=O)c1nc(-c2ccccc2)oc1C1CC1. The van der Waals surface area contributed by atoms with Crippen LogP contribution < -0.4 is 10.1 Å². The number of nitrogens with zero attached hydrogens (tertiary/aromatic N) is 1. The van der Waals surface area contributed by atoms with Gasteiger partial charge in [-0.3, -0.25) is 4.79 Å². The van der Waals surface area contributed by atoms with Crippen LogP contribution in [0.1, 0.15) is 35.0 Å². The fourth-order valence-corrected chi connectivity index (χ4v) is 3.21. The summed E-state index contributed by atoms with van der Waals surface area (Å²) in [6, 6.07) is 14.7. The predicted molar refractivity (Wildman–Crippen MR) is 111 cm³/mol.